The highest BCUT2D eigenvalue weighted by Gasteiger charge is 2.35. The van der Waals surface area contributed by atoms with Crippen molar-refractivity contribution in [3.8, 4) is 17.2 Å². The number of nitrogens with one attached hydrogen (secondary N) is 1. The highest BCUT2D eigenvalue weighted by atomic mass is 16.6. The fourth-order valence-corrected chi connectivity index (χ4v) is 7.13. The molecule has 0 unspecified atom stereocenters. The lowest BCUT2D eigenvalue weighted by atomic mass is 9.93. The number of benzene rings is 2. The molecule has 7 rings (SSSR count). The van der Waals surface area contributed by atoms with E-state index in [9.17, 15) is 14.9 Å². The number of hydrogen-bond acceptors (Lipinski definition) is 7. The Balaban J connectivity index is 1.17. The Morgan fingerprint density at radius 3 is 2.60 bits per heavy atom. The highest BCUT2D eigenvalue weighted by Crippen LogP contribution is 2.42. The molecule has 0 bridgehead atoms. The predicted molar refractivity (Wildman–Crippen MR) is 176 cm³/mol. The number of rotatable bonds is 5. The summed E-state index contributed by atoms with van der Waals surface area (Å²) in [4.78, 5) is 31.5. The zero-order valence-electron chi connectivity index (χ0n) is 26.9. The molecule has 0 aliphatic carbocycles. The second kappa shape index (κ2) is 12.8. The molecule has 242 valence electrons. The van der Waals surface area contributed by atoms with Gasteiger partial charge in [-0.3, -0.25) is 9.36 Å². The van der Waals surface area contributed by atoms with E-state index in [-0.39, 0.29) is 24.8 Å². The molecule has 3 amide bonds. The summed E-state index contributed by atoms with van der Waals surface area (Å²) in [6.45, 7) is 3.25. The van der Waals surface area contributed by atoms with Crippen molar-refractivity contribution in [2.45, 2.75) is 51.3 Å². The topological polar surface area (TPSA) is 125 Å². The molecule has 4 aromatic rings. The predicted octanol–water partition coefficient (Wildman–Crippen LogP) is 4.91. The molecule has 0 atom stereocenters. The number of likely N-dealkylation sites (tertiary alicyclic amines) is 1. The molecule has 12 heteroatoms. The average molecular weight is 634 g/mol. The van der Waals surface area contributed by atoms with Gasteiger partial charge in [-0.1, -0.05) is 30.3 Å². The fourth-order valence-electron chi connectivity index (χ4n) is 7.13. The maximum Gasteiger partial charge on any atom is 0.410 e. The number of anilines is 2. The average Bonchev–Trinajstić information content (AvgIpc) is 3.73. The summed E-state index contributed by atoms with van der Waals surface area (Å²) in [7, 11) is 3.53. The number of ether oxygens (including phenoxy) is 1. The van der Waals surface area contributed by atoms with Crippen molar-refractivity contribution in [1.82, 2.24) is 34.7 Å². The van der Waals surface area contributed by atoms with Gasteiger partial charge < -0.3 is 24.8 Å². The van der Waals surface area contributed by atoms with Crippen LogP contribution in [0.1, 0.15) is 53.3 Å². The van der Waals surface area contributed by atoms with E-state index < -0.39 is 0 Å². The van der Waals surface area contributed by atoms with Crippen molar-refractivity contribution in [1.29, 1.82) is 5.26 Å². The van der Waals surface area contributed by atoms with E-state index in [4.69, 9.17) is 9.84 Å². The molecular weight excluding hydrogens is 594 g/mol. The van der Waals surface area contributed by atoms with Gasteiger partial charge in [0.2, 0.25) is 0 Å². The van der Waals surface area contributed by atoms with Crippen LogP contribution in [0.5, 0.6) is 0 Å². The van der Waals surface area contributed by atoms with Crippen molar-refractivity contribution < 1.29 is 14.3 Å². The lowest BCUT2D eigenvalue weighted by Gasteiger charge is -2.33. The van der Waals surface area contributed by atoms with E-state index in [2.05, 4.69) is 32.1 Å². The Hall–Kier alpha value is -5.31. The smallest absolute Gasteiger partial charge is 0.410 e. The number of carbonyl (C=O) groups excluding carboxylic acids is 2. The maximum atomic E-state index is 12.9. The quantitative estimate of drug-likeness (QED) is 0.331. The van der Waals surface area contributed by atoms with Crippen LogP contribution in [0.4, 0.5) is 21.1 Å². The van der Waals surface area contributed by atoms with Crippen molar-refractivity contribution in [2.75, 3.05) is 38.1 Å². The Kier molecular flexibility index (Phi) is 8.28. The van der Waals surface area contributed by atoms with Crippen LogP contribution in [0.2, 0.25) is 0 Å². The third kappa shape index (κ3) is 5.89. The zero-order chi connectivity index (χ0) is 32.5. The Morgan fingerprint density at radius 2 is 1.87 bits per heavy atom. The number of fused-ring (bicyclic) bond motifs is 2. The first kappa shape index (κ1) is 30.3. The number of amides is 3. The molecule has 3 aliphatic rings. The summed E-state index contributed by atoms with van der Waals surface area (Å²) in [5.41, 5.74) is 7.70. The van der Waals surface area contributed by atoms with Crippen molar-refractivity contribution in [3.05, 3.63) is 82.8 Å². The van der Waals surface area contributed by atoms with E-state index in [1.165, 1.54) is 5.56 Å². The summed E-state index contributed by atoms with van der Waals surface area (Å²) in [5.74, 6) is 0.845. The van der Waals surface area contributed by atoms with Gasteiger partial charge in [-0.15, -0.1) is 0 Å². The molecule has 47 heavy (non-hydrogen) atoms. The molecule has 1 N–H and O–H groups in total. The lowest BCUT2D eigenvalue weighted by Crippen LogP contribution is -2.42. The van der Waals surface area contributed by atoms with E-state index in [0.29, 0.717) is 38.2 Å². The van der Waals surface area contributed by atoms with E-state index in [0.717, 1.165) is 71.7 Å². The summed E-state index contributed by atoms with van der Waals surface area (Å²) >= 11 is 0. The third-order valence-electron chi connectivity index (χ3n) is 9.57. The van der Waals surface area contributed by atoms with Gasteiger partial charge in [-0.25, -0.2) is 9.59 Å². The second-order valence-corrected chi connectivity index (χ2v) is 12.5. The summed E-state index contributed by atoms with van der Waals surface area (Å²) < 4.78 is 9.52. The van der Waals surface area contributed by atoms with Crippen LogP contribution in [-0.4, -0.2) is 74.7 Å². The van der Waals surface area contributed by atoms with Crippen LogP contribution in [0.25, 0.3) is 11.1 Å². The SMILES string of the molecule is CNC(=O)N1CCc2c(c(N3CCCc4cc(-c5cnn(C)c5)c(C#N)cc43)nn2C2CCN(C(=O)OCc3ccccc3)CC2)C1. The molecule has 1 saturated heterocycles. The summed E-state index contributed by atoms with van der Waals surface area (Å²) in [6, 6.07) is 16.3. The summed E-state index contributed by atoms with van der Waals surface area (Å²) in [6.07, 6.45) is 7.49. The zero-order valence-corrected chi connectivity index (χ0v) is 26.9. The van der Waals surface area contributed by atoms with E-state index in [1.807, 2.05) is 54.5 Å². The minimum Gasteiger partial charge on any atom is -0.445 e. The molecule has 3 aliphatic heterocycles. The number of urea groups is 1. The standard InChI is InChI=1S/C35H39N9O3/c1-37-34(45)42-16-12-31-30(22-42)33(39-44(31)28-10-14-41(15-11-28)35(46)47-23-24-7-4-3-5-8-24)43-13-6-9-25-17-29(26(19-36)18-32(25)43)27-20-38-40(2)21-27/h3-5,7-8,17-18,20-21,28H,6,9-16,22-23H2,1-2H3,(H,37,45). The van der Waals surface area contributed by atoms with E-state index >= 15 is 0 Å². The molecular formula is C35H39N9O3. The van der Waals surface area contributed by atoms with Gasteiger partial charge in [0.15, 0.2) is 5.82 Å². The number of nitrogens with zero attached hydrogens (tertiary/aromatic N) is 8. The van der Waals surface area contributed by atoms with Crippen molar-refractivity contribution in [2.24, 2.45) is 7.05 Å². The van der Waals surface area contributed by atoms with Crippen molar-refractivity contribution in [3.63, 3.8) is 0 Å². The number of nitriles is 1. The van der Waals surface area contributed by atoms with Crippen LogP contribution in [0.3, 0.4) is 0 Å². The van der Waals surface area contributed by atoms with Crippen molar-refractivity contribution >= 4 is 23.6 Å². The number of hydrogen-bond donors (Lipinski definition) is 1. The minimum absolute atomic E-state index is 0.108. The van der Waals surface area contributed by atoms with Gasteiger partial charge in [-0.05, 0) is 48.9 Å². The Morgan fingerprint density at radius 1 is 1.06 bits per heavy atom. The van der Waals surface area contributed by atoms with Gasteiger partial charge in [0, 0.05) is 81.0 Å². The fraction of sp³-hybridized carbons (Fsp3) is 0.400. The molecule has 1 fully saturated rings. The highest BCUT2D eigenvalue weighted by molar-refractivity contribution is 5.79. The number of carbonyl (C=O) groups is 2. The van der Waals surface area contributed by atoms with Gasteiger partial charge in [0.05, 0.1) is 30.4 Å². The van der Waals surface area contributed by atoms with Crippen LogP contribution in [0.15, 0.2) is 54.9 Å². The number of aromatic nitrogens is 4. The van der Waals surface area contributed by atoms with Crippen LogP contribution in [0, 0.1) is 11.3 Å². The number of piperidine rings is 1. The van der Waals surface area contributed by atoms with Crippen LogP contribution in [-0.2, 0) is 37.8 Å². The molecule has 2 aromatic heterocycles. The first-order chi connectivity index (χ1) is 22.9. The van der Waals surface area contributed by atoms with Gasteiger partial charge in [0.25, 0.3) is 0 Å². The van der Waals surface area contributed by atoms with Crippen LogP contribution >= 0.6 is 0 Å². The molecule has 0 saturated carbocycles. The molecule has 2 aromatic carbocycles. The van der Waals surface area contributed by atoms with Gasteiger partial charge in [-0.2, -0.15) is 15.5 Å². The van der Waals surface area contributed by atoms with Gasteiger partial charge in [0.1, 0.15) is 6.61 Å². The molecule has 12 nitrogen and oxygen atoms in total. The minimum atomic E-state index is -0.291. The normalized spacial score (nSPS) is 16.3. The lowest BCUT2D eigenvalue weighted by molar-refractivity contribution is 0.0818. The first-order valence-electron chi connectivity index (χ1n) is 16.3. The molecule has 5 heterocycles. The Bertz CT molecular complexity index is 1830. The largest absolute Gasteiger partial charge is 0.445 e. The Labute approximate surface area is 274 Å². The molecule has 0 spiro atoms. The first-order valence-corrected chi connectivity index (χ1v) is 16.3. The third-order valence-corrected chi connectivity index (χ3v) is 9.57. The monoisotopic (exact) mass is 633 g/mol. The number of aryl methyl sites for hydroxylation is 2. The van der Waals surface area contributed by atoms with E-state index in [1.54, 1.807) is 22.8 Å². The van der Waals surface area contributed by atoms with Gasteiger partial charge >= 0.3 is 12.1 Å². The molecule has 0 radical (unpaired) electrons. The maximum absolute atomic E-state index is 12.9. The second-order valence-electron chi connectivity index (χ2n) is 12.5. The van der Waals surface area contributed by atoms with Crippen LogP contribution < -0.4 is 10.2 Å². The summed E-state index contributed by atoms with van der Waals surface area (Å²) in [5, 5.41) is 22.6.